The van der Waals surface area contributed by atoms with Gasteiger partial charge in [0.25, 0.3) is 11.8 Å². The molecule has 1 unspecified atom stereocenters. The summed E-state index contributed by atoms with van der Waals surface area (Å²) in [5, 5.41) is 10.00. The van der Waals surface area contributed by atoms with Crippen molar-refractivity contribution in [1.82, 2.24) is 20.0 Å². The van der Waals surface area contributed by atoms with Crippen LogP contribution in [0.1, 0.15) is 59.2 Å². The van der Waals surface area contributed by atoms with Gasteiger partial charge in [0, 0.05) is 37.0 Å². The van der Waals surface area contributed by atoms with Crippen LogP contribution >= 0.6 is 0 Å². The van der Waals surface area contributed by atoms with E-state index in [0.717, 1.165) is 54.9 Å². The first-order chi connectivity index (χ1) is 18.0. The summed E-state index contributed by atoms with van der Waals surface area (Å²) in [5.41, 5.74) is 3.62. The van der Waals surface area contributed by atoms with Crippen molar-refractivity contribution in [2.24, 2.45) is 0 Å². The lowest BCUT2D eigenvalue weighted by Gasteiger charge is -2.27. The van der Waals surface area contributed by atoms with Gasteiger partial charge in [-0.25, -0.2) is 0 Å². The highest BCUT2D eigenvalue weighted by molar-refractivity contribution is 6.23. The monoisotopic (exact) mass is 499 g/mol. The molecular formula is C28H29N5O4. The van der Waals surface area contributed by atoms with E-state index < -0.39 is 23.8 Å². The second-order valence-electron chi connectivity index (χ2n) is 9.41. The number of rotatable bonds is 10. The molecule has 0 bridgehead atoms. The van der Waals surface area contributed by atoms with Gasteiger partial charge in [-0.2, -0.15) is 5.10 Å². The fourth-order valence-corrected chi connectivity index (χ4v) is 4.83. The van der Waals surface area contributed by atoms with Gasteiger partial charge in [-0.05, 0) is 43.0 Å². The van der Waals surface area contributed by atoms with Gasteiger partial charge in [0.05, 0.1) is 17.3 Å². The van der Waals surface area contributed by atoms with Crippen LogP contribution in [0, 0.1) is 0 Å². The molecule has 1 saturated heterocycles. The quantitative estimate of drug-likeness (QED) is 0.325. The highest BCUT2D eigenvalue weighted by Gasteiger charge is 2.44. The Hall–Kier alpha value is -4.27. The van der Waals surface area contributed by atoms with E-state index in [1.165, 1.54) is 5.56 Å². The largest absolute Gasteiger partial charge is 0.385 e. The SMILES string of the molecule is O=C1CCC(N2C(=O)c3ccc(NCCCCCCn4cc(-c5ccccc5)cn4)cc3C2=O)C(=O)N1. The van der Waals surface area contributed by atoms with Crippen molar-refractivity contribution in [3.8, 4) is 11.1 Å². The zero-order chi connectivity index (χ0) is 25.8. The lowest BCUT2D eigenvalue weighted by atomic mass is 10.0. The molecule has 1 aromatic heterocycles. The Balaban J connectivity index is 1.06. The highest BCUT2D eigenvalue weighted by Crippen LogP contribution is 2.29. The van der Waals surface area contributed by atoms with Gasteiger partial charge in [-0.15, -0.1) is 0 Å². The topological polar surface area (TPSA) is 113 Å². The first kappa shape index (κ1) is 24.4. The summed E-state index contributed by atoms with van der Waals surface area (Å²) in [6.45, 7) is 1.63. The van der Waals surface area contributed by atoms with Crippen molar-refractivity contribution in [2.45, 2.75) is 51.1 Å². The molecule has 1 fully saturated rings. The van der Waals surface area contributed by atoms with Gasteiger partial charge >= 0.3 is 0 Å². The Morgan fingerprint density at radius 3 is 2.49 bits per heavy atom. The number of aromatic nitrogens is 2. The number of hydrogen-bond acceptors (Lipinski definition) is 6. The molecule has 0 spiro atoms. The van der Waals surface area contributed by atoms with E-state index in [1.54, 1.807) is 18.2 Å². The molecule has 2 N–H and O–H groups in total. The average molecular weight is 500 g/mol. The van der Waals surface area contributed by atoms with Gasteiger partial charge < -0.3 is 5.32 Å². The smallest absolute Gasteiger partial charge is 0.262 e. The van der Waals surface area contributed by atoms with E-state index in [2.05, 4.69) is 34.1 Å². The molecule has 2 aliphatic heterocycles. The lowest BCUT2D eigenvalue weighted by molar-refractivity contribution is -0.136. The van der Waals surface area contributed by atoms with Gasteiger partial charge in [0.1, 0.15) is 6.04 Å². The number of imide groups is 2. The minimum atomic E-state index is -0.951. The second-order valence-corrected chi connectivity index (χ2v) is 9.41. The maximum absolute atomic E-state index is 12.9. The predicted octanol–water partition coefficient (Wildman–Crippen LogP) is 3.62. The zero-order valence-electron chi connectivity index (χ0n) is 20.5. The molecule has 0 radical (unpaired) electrons. The molecule has 190 valence electrons. The van der Waals surface area contributed by atoms with Crippen LogP contribution in [0.25, 0.3) is 11.1 Å². The molecule has 3 heterocycles. The number of unbranched alkanes of at least 4 members (excludes halogenated alkanes) is 3. The van der Waals surface area contributed by atoms with E-state index in [4.69, 9.17) is 0 Å². The number of nitrogens with zero attached hydrogens (tertiary/aromatic N) is 3. The Bertz CT molecular complexity index is 1330. The summed E-state index contributed by atoms with van der Waals surface area (Å²) >= 11 is 0. The first-order valence-electron chi connectivity index (χ1n) is 12.7. The summed E-state index contributed by atoms with van der Waals surface area (Å²) in [6.07, 6.45) is 8.40. The number of piperidine rings is 1. The molecule has 2 aromatic carbocycles. The Morgan fingerprint density at radius 2 is 1.68 bits per heavy atom. The number of carbonyl (C=O) groups excluding carboxylic acids is 4. The normalized spacial score (nSPS) is 17.2. The predicted molar refractivity (Wildman–Crippen MR) is 138 cm³/mol. The zero-order valence-corrected chi connectivity index (χ0v) is 20.5. The van der Waals surface area contributed by atoms with Gasteiger partial charge in [0.15, 0.2) is 0 Å². The van der Waals surface area contributed by atoms with Crippen molar-refractivity contribution >= 4 is 29.3 Å². The van der Waals surface area contributed by atoms with E-state index in [-0.39, 0.29) is 29.9 Å². The van der Waals surface area contributed by atoms with Crippen LogP contribution in [0.2, 0.25) is 0 Å². The third-order valence-electron chi connectivity index (χ3n) is 6.82. The molecule has 0 saturated carbocycles. The van der Waals surface area contributed by atoms with Crippen LogP contribution in [0.15, 0.2) is 60.9 Å². The lowest BCUT2D eigenvalue weighted by Crippen LogP contribution is -2.54. The third kappa shape index (κ3) is 5.30. The van der Waals surface area contributed by atoms with Crippen LogP contribution in [-0.4, -0.2) is 50.9 Å². The number of hydrogen-bond donors (Lipinski definition) is 2. The second kappa shape index (κ2) is 10.8. The van der Waals surface area contributed by atoms with Gasteiger partial charge in [-0.3, -0.25) is 34.1 Å². The maximum Gasteiger partial charge on any atom is 0.262 e. The van der Waals surface area contributed by atoms with Crippen molar-refractivity contribution in [3.63, 3.8) is 0 Å². The molecule has 3 aromatic rings. The summed E-state index contributed by atoms with van der Waals surface area (Å²) in [5.74, 6) is -1.97. The molecule has 0 aliphatic carbocycles. The number of fused-ring (bicyclic) bond motifs is 1. The van der Waals surface area contributed by atoms with Crippen molar-refractivity contribution in [1.29, 1.82) is 0 Å². The minimum Gasteiger partial charge on any atom is -0.385 e. The number of benzene rings is 2. The summed E-state index contributed by atoms with van der Waals surface area (Å²) < 4.78 is 1.99. The Morgan fingerprint density at radius 1 is 0.892 bits per heavy atom. The molecule has 37 heavy (non-hydrogen) atoms. The summed E-state index contributed by atoms with van der Waals surface area (Å²) in [7, 11) is 0. The minimum absolute atomic E-state index is 0.104. The standard InChI is InChI=1S/C28H29N5O4/c34-25-13-12-24(26(35)31-25)33-27(36)22-11-10-21(16-23(22)28(33)37)29-14-6-1-2-7-15-32-18-20(17-30-32)19-8-4-3-5-9-19/h3-5,8-11,16-18,24,29H,1-2,6-7,12-15H2,(H,31,34,35). The van der Waals surface area contributed by atoms with Gasteiger partial charge in [-0.1, -0.05) is 43.2 Å². The van der Waals surface area contributed by atoms with Crippen molar-refractivity contribution < 1.29 is 19.2 Å². The summed E-state index contributed by atoms with van der Waals surface area (Å²) in [6, 6.07) is 14.3. The molecule has 1 atom stereocenters. The number of anilines is 1. The molecule has 9 nitrogen and oxygen atoms in total. The fourth-order valence-electron chi connectivity index (χ4n) is 4.83. The van der Waals surface area contributed by atoms with Crippen LogP contribution in [0.3, 0.4) is 0 Å². The summed E-state index contributed by atoms with van der Waals surface area (Å²) in [4.78, 5) is 50.3. The van der Waals surface area contributed by atoms with Crippen LogP contribution in [-0.2, 0) is 16.1 Å². The molecular weight excluding hydrogens is 470 g/mol. The Kier molecular flexibility index (Phi) is 7.11. The molecule has 4 amide bonds. The number of amides is 4. The maximum atomic E-state index is 12.9. The number of nitrogens with one attached hydrogen (secondary N) is 2. The molecule has 2 aliphatic rings. The molecule has 5 rings (SSSR count). The van der Waals surface area contributed by atoms with Crippen molar-refractivity contribution in [2.75, 3.05) is 11.9 Å². The van der Waals surface area contributed by atoms with Crippen LogP contribution in [0.5, 0.6) is 0 Å². The van der Waals surface area contributed by atoms with Gasteiger partial charge in [0.2, 0.25) is 11.8 Å². The average Bonchev–Trinajstić information content (AvgIpc) is 3.47. The fraction of sp³-hybridized carbons (Fsp3) is 0.321. The highest BCUT2D eigenvalue weighted by atomic mass is 16.2. The van der Waals surface area contributed by atoms with E-state index >= 15 is 0 Å². The van der Waals surface area contributed by atoms with Crippen LogP contribution in [0.4, 0.5) is 5.69 Å². The van der Waals surface area contributed by atoms with E-state index in [1.807, 2.05) is 29.1 Å². The van der Waals surface area contributed by atoms with Crippen LogP contribution < -0.4 is 10.6 Å². The first-order valence-corrected chi connectivity index (χ1v) is 12.7. The van der Waals surface area contributed by atoms with E-state index in [0.29, 0.717) is 0 Å². The van der Waals surface area contributed by atoms with Crippen molar-refractivity contribution in [3.05, 3.63) is 72.1 Å². The number of carbonyl (C=O) groups is 4. The molecule has 9 heteroatoms. The van der Waals surface area contributed by atoms with E-state index in [9.17, 15) is 19.2 Å². The third-order valence-corrected chi connectivity index (χ3v) is 6.82. The Labute approximate surface area is 214 Å². The number of aryl methyl sites for hydroxylation is 1.